The molecule has 10 heteroatoms. The average molecular weight is 579 g/mol. The fraction of sp³-hybridized carbons (Fsp3) is 0.323. The molecule has 41 heavy (non-hydrogen) atoms. The minimum absolute atomic E-state index is 0.0354. The number of carboxylic acids is 1. The van der Waals surface area contributed by atoms with Gasteiger partial charge in [-0.2, -0.15) is 0 Å². The van der Waals surface area contributed by atoms with Crippen LogP contribution in [-0.2, 0) is 30.5 Å². The van der Waals surface area contributed by atoms with E-state index in [1.54, 1.807) is 17.8 Å². The molecule has 1 saturated heterocycles. The lowest BCUT2D eigenvalue weighted by atomic mass is 10.0. The zero-order chi connectivity index (χ0) is 29.2. The number of hydrogen-bond acceptors (Lipinski definition) is 7. The Morgan fingerprint density at radius 3 is 2.34 bits per heavy atom. The molecule has 0 spiro atoms. The van der Waals surface area contributed by atoms with E-state index in [1.807, 2.05) is 66.7 Å². The van der Waals surface area contributed by atoms with Gasteiger partial charge in [-0.05, 0) is 53.9 Å². The number of aliphatic hydroxyl groups is 1. The highest BCUT2D eigenvalue weighted by atomic mass is 32.2. The second kappa shape index (κ2) is 14.8. The molecule has 3 aromatic rings. The Morgan fingerprint density at radius 1 is 0.902 bits per heavy atom. The number of ether oxygens (including phenoxy) is 2. The van der Waals surface area contributed by atoms with E-state index in [9.17, 15) is 19.5 Å². The number of nitrogens with one attached hydrogen (secondary N) is 2. The van der Waals surface area contributed by atoms with Gasteiger partial charge in [0.05, 0.1) is 18.8 Å². The molecule has 4 N–H and O–H groups in total. The minimum atomic E-state index is -0.929. The smallest absolute Gasteiger partial charge is 0.303 e. The number of carbonyl (C=O) groups excluding carboxylic acids is 2. The lowest BCUT2D eigenvalue weighted by molar-refractivity contribution is -0.245. The SMILES string of the molecule is CC(=O)Nc1ccc(SC[C@H]2C[C@@H](c3ccc(CO)cc3)O[C@@H](c3cccc(NC(=O)CCCC(=O)O)c3)O2)cc1. The Kier molecular flexibility index (Phi) is 10.9. The Balaban J connectivity index is 1.47. The van der Waals surface area contributed by atoms with E-state index >= 15 is 0 Å². The second-order valence-corrected chi connectivity index (χ2v) is 10.9. The molecule has 0 radical (unpaired) electrons. The van der Waals surface area contributed by atoms with E-state index in [4.69, 9.17) is 14.6 Å². The Hall–Kier alpha value is -3.70. The molecule has 1 heterocycles. The summed E-state index contributed by atoms with van der Waals surface area (Å²) in [6.07, 6.45) is -0.119. The van der Waals surface area contributed by atoms with Crippen molar-refractivity contribution in [3.8, 4) is 0 Å². The standard InChI is InChI=1S/C31H34N2O7S/c1-20(35)32-24-12-14-27(15-13-24)41-19-26-17-28(22-10-8-21(18-34)9-11-22)40-31(39-26)23-4-2-5-25(16-23)33-29(36)6-3-7-30(37)38/h2,4-5,8-16,26,28,31,34H,3,6-7,17-19H2,1H3,(H,32,35)(H,33,36)(H,37,38)/t26-,28+,31+/m1/s1. The van der Waals surface area contributed by atoms with Gasteiger partial charge in [-0.25, -0.2) is 0 Å². The van der Waals surface area contributed by atoms with Crippen LogP contribution in [0.4, 0.5) is 11.4 Å². The first kappa shape index (κ1) is 30.3. The van der Waals surface area contributed by atoms with Crippen molar-refractivity contribution < 1.29 is 34.1 Å². The van der Waals surface area contributed by atoms with Gasteiger partial charge in [0.15, 0.2) is 6.29 Å². The van der Waals surface area contributed by atoms with E-state index in [1.165, 1.54) is 6.92 Å². The van der Waals surface area contributed by atoms with Crippen LogP contribution in [0, 0.1) is 0 Å². The van der Waals surface area contributed by atoms with E-state index in [0.717, 1.165) is 27.3 Å². The van der Waals surface area contributed by atoms with Gasteiger partial charge in [0.2, 0.25) is 11.8 Å². The van der Waals surface area contributed by atoms with Crippen LogP contribution in [0.1, 0.15) is 61.7 Å². The summed E-state index contributed by atoms with van der Waals surface area (Å²) in [6, 6.07) is 22.6. The molecule has 1 aliphatic rings. The van der Waals surface area contributed by atoms with Crippen LogP contribution in [-0.4, -0.2) is 39.9 Å². The summed E-state index contributed by atoms with van der Waals surface area (Å²) in [5.41, 5.74) is 3.87. The molecule has 0 bridgehead atoms. The van der Waals surface area contributed by atoms with E-state index < -0.39 is 12.3 Å². The number of aliphatic carboxylic acids is 1. The molecule has 4 rings (SSSR count). The molecule has 0 aromatic heterocycles. The summed E-state index contributed by atoms with van der Waals surface area (Å²) in [6.45, 7) is 1.44. The highest BCUT2D eigenvalue weighted by molar-refractivity contribution is 7.99. The maximum atomic E-state index is 12.3. The molecule has 1 aliphatic heterocycles. The molecule has 9 nitrogen and oxygen atoms in total. The van der Waals surface area contributed by atoms with Crippen LogP contribution in [0.2, 0.25) is 0 Å². The van der Waals surface area contributed by atoms with Crippen molar-refractivity contribution in [2.45, 2.75) is 62.6 Å². The number of hydrogen-bond donors (Lipinski definition) is 4. The molecule has 0 saturated carbocycles. The molecule has 3 atom stereocenters. The van der Waals surface area contributed by atoms with Crippen molar-refractivity contribution >= 4 is 40.9 Å². The summed E-state index contributed by atoms with van der Waals surface area (Å²) in [4.78, 5) is 35.4. The maximum Gasteiger partial charge on any atom is 0.303 e. The van der Waals surface area contributed by atoms with Crippen molar-refractivity contribution in [3.63, 3.8) is 0 Å². The third-order valence-corrected chi connectivity index (χ3v) is 7.61. The van der Waals surface area contributed by atoms with Gasteiger partial charge in [-0.15, -0.1) is 11.8 Å². The van der Waals surface area contributed by atoms with Crippen molar-refractivity contribution in [2.24, 2.45) is 0 Å². The van der Waals surface area contributed by atoms with Gasteiger partial charge in [0, 0.05) is 53.8 Å². The molecular weight excluding hydrogens is 544 g/mol. The fourth-order valence-electron chi connectivity index (χ4n) is 4.44. The number of benzene rings is 3. The first-order valence-corrected chi connectivity index (χ1v) is 14.4. The van der Waals surface area contributed by atoms with E-state index in [0.29, 0.717) is 17.9 Å². The zero-order valence-corrected chi connectivity index (χ0v) is 23.6. The van der Waals surface area contributed by atoms with Gasteiger partial charge in [0.25, 0.3) is 0 Å². The number of anilines is 2. The monoisotopic (exact) mass is 578 g/mol. The van der Waals surface area contributed by atoms with Gasteiger partial charge in [0.1, 0.15) is 0 Å². The van der Waals surface area contributed by atoms with Crippen LogP contribution >= 0.6 is 11.8 Å². The number of carboxylic acid groups (broad SMARTS) is 1. The molecule has 3 aromatic carbocycles. The zero-order valence-electron chi connectivity index (χ0n) is 22.7. The van der Waals surface area contributed by atoms with Crippen molar-refractivity contribution in [3.05, 3.63) is 89.5 Å². The largest absolute Gasteiger partial charge is 0.481 e. The first-order valence-electron chi connectivity index (χ1n) is 13.4. The third-order valence-electron chi connectivity index (χ3n) is 6.46. The van der Waals surface area contributed by atoms with Crippen LogP contribution in [0.5, 0.6) is 0 Å². The molecular formula is C31H34N2O7S. The predicted octanol–water partition coefficient (Wildman–Crippen LogP) is 5.67. The van der Waals surface area contributed by atoms with Crippen LogP contribution in [0.3, 0.4) is 0 Å². The Bertz CT molecular complexity index is 1330. The Morgan fingerprint density at radius 2 is 1.66 bits per heavy atom. The van der Waals surface area contributed by atoms with Gasteiger partial charge in [-0.3, -0.25) is 14.4 Å². The number of amides is 2. The van der Waals surface area contributed by atoms with Gasteiger partial charge < -0.3 is 30.3 Å². The normalized spacial score (nSPS) is 18.4. The highest BCUT2D eigenvalue weighted by Crippen LogP contribution is 2.40. The summed E-state index contributed by atoms with van der Waals surface area (Å²) in [5, 5.41) is 23.8. The third kappa shape index (κ3) is 9.43. The minimum Gasteiger partial charge on any atom is -0.481 e. The number of rotatable bonds is 12. The number of aliphatic hydroxyl groups excluding tert-OH is 1. The van der Waals surface area contributed by atoms with E-state index in [2.05, 4.69) is 10.6 Å². The predicted molar refractivity (Wildman–Crippen MR) is 156 cm³/mol. The molecule has 216 valence electrons. The average Bonchev–Trinajstić information content (AvgIpc) is 2.96. The fourth-order valence-corrected chi connectivity index (χ4v) is 5.36. The van der Waals surface area contributed by atoms with Gasteiger partial charge in [-0.1, -0.05) is 36.4 Å². The first-order chi connectivity index (χ1) is 19.8. The molecule has 0 aliphatic carbocycles. The number of thioether (sulfide) groups is 1. The molecule has 0 unspecified atom stereocenters. The highest BCUT2D eigenvalue weighted by Gasteiger charge is 2.32. The summed E-state index contributed by atoms with van der Waals surface area (Å²) in [7, 11) is 0. The van der Waals surface area contributed by atoms with Crippen LogP contribution in [0.15, 0.2) is 77.7 Å². The van der Waals surface area contributed by atoms with Crippen LogP contribution in [0.25, 0.3) is 0 Å². The van der Waals surface area contributed by atoms with Crippen molar-refractivity contribution in [1.29, 1.82) is 0 Å². The topological polar surface area (TPSA) is 134 Å². The van der Waals surface area contributed by atoms with Crippen molar-refractivity contribution in [1.82, 2.24) is 0 Å². The Labute approximate surface area is 243 Å². The van der Waals surface area contributed by atoms with Crippen molar-refractivity contribution in [2.75, 3.05) is 16.4 Å². The number of carbonyl (C=O) groups is 3. The summed E-state index contributed by atoms with van der Waals surface area (Å²) >= 11 is 1.65. The molecule has 1 fully saturated rings. The second-order valence-electron chi connectivity index (χ2n) is 9.79. The summed E-state index contributed by atoms with van der Waals surface area (Å²) < 4.78 is 12.8. The summed E-state index contributed by atoms with van der Waals surface area (Å²) in [5.74, 6) is -0.631. The molecule has 2 amide bonds. The quantitative estimate of drug-likeness (QED) is 0.202. The lowest BCUT2D eigenvalue weighted by Gasteiger charge is -2.36. The van der Waals surface area contributed by atoms with Gasteiger partial charge >= 0.3 is 5.97 Å². The van der Waals surface area contributed by atoms with Crippen LogP contribution < -0.4 is 10.6 Å². The maximum absolute atomic E-state index is 12.3. The lowest BCUT2D eigenvalue weighted by Crippen LogP contribution is -2.31. The van der Waals surface area contributed by atoms with E-state index in [-0.39, 0.29) is 49.9 Å².